The number of fused-ring (bicyclic) bond motifs is 1. The molecule has 0 aliphatic heterocycles. The van der Waals surface area contributed by atoms with Crippen molar-refractivity contribution in [2.75, 3.05) is 0 Å². The van der Waals surface area contributed by atoms with Gasteiger partial charge in [0.2, 0.25) is 0 Å². The predicted molar refractivity (Wildman–Crippen MR) is 80.1 cm³/mol. The Kier molecular flexibility index (Phi) is 3.51. The summed E-state index contributed by atoms with van der Waals surface area (Å²) < 4.78 is 2.37. The van der Waals surface area contributed by atoms with Gasteiger partial charge in [-0.05, 0) is 37.2 Å². The maximum Gasteiger partial charge on any atom is 0.262 e. The maximum atomic E-state index is 12.6. The zero-order valence-corrected chi connectivity index (χ0v) is 11.7. The lowest BCUT2D eigenvalue weighted by molar-refractivity contribution is 0.425. The Morgan fingerprint density at radius 2 is 1.79 bits per heavy atom. The molecule has 0 atom stereocenters. The number of aromatic amines is 1. The van der Waals surface area contributed by atoms with E-state index in [-0.39, 0.29) is 11.6 Å². The second kappa shape index (κ2) is 5.29. The van der Waals surface area contributed by atoms with Crippen LogP contribution < -0.4 is 5.56 Å². The molecule has 1 saturated carbocycles. The Morgan fingerprint density at radius 1 is 1.11 bits per heavy atom. The van der Waals surface area contributed by atoms with Crippen LogP contribution in [0.15, 0.2) is 29.1 Å². The number of benzene rings is 1. The normalized spacial score (nSPS) is 17.5. The predicted octanol–water partition coefficient (Wildman–Crippen LogP) is 3.95. The minimum Gasteiger partial charge on any atom is -0.332 e. The molecule has 0 saturated heterocycles. The van der Waals surface area contributed by atoms with E-state index in [0.717, 1.165) is 23.7 Å². The number of hydrogen-bond acceptors (Lipinski definition) is 2. The van der Waals surface area contributed by atoms with E-state index in [0.29, 0.717) is 4.77 Å². The van der Waals surface area contributed by atoms with Gasteiger partial charge in [-0.2, -0.15) is 0 Å². The number of nitrogens with one attached hydrogen (secondary N) is 1. The number of hydrogen-bond donors (Lipinski definition) is 1. The lowest BCUT2D eigenvalue weighted by Crippen LogP contribution is -2.26. The average molecular weight is 274 g/mol. The first-order valence-corrected chi connectivity index (χ1v) is 7.42. The van der Waals surface area contributed by atoms with Gasteiger partial charge in [0.05, 0.1) is 10.9 Å². The first kappa shape index (κ1) is 12.6. The van der Waals surface area contributed by atoms with Gasteiger partial charge in [0, 0.05) is 6.04 Å². The molecular weight excluding hydrogens is 256 g/mol. The van der Waals surface area contributed by atoms with Gasteiger partial charge in [0.25, 0.3) is 5.56 Å². The SMILES string of the molecule is O=c1c2ccccc2[nH]c(=S)n1C1CCCCCC1. The van der Waals surface area contributed by atoms with Crippen molar-refractivity contribution in [1.82, 2.24) is 9.55 Å². The van der Waals surface area contributed by atoms with Crippen LogP contribution in [0.2, 0.25) is 0 Å². The third-order valence-corrected chi connectivity index (χ3v) is 4.33. The zero-order valence-electron chi connectivity index (χ0n) is 10.9. The van der Waals surface area contributed by atoms with Crippen molar-refractivity contribution >= 4 is 23.1 Å². The number of nitrogens with zero attached hydrogens (tertiary/aromatic N) is 1. The summed E-state index contributed by atoms with van der Waals surface area (Å²) in [7, 11) is 0. The van der Waals surface area contributed by atoms with Crippen LogP contribution in [0.1, 0.15) is 44.6 Å². The smallest absolute Gasteiger partial charge is 0.262 e. The first-order chi connectivity index (χ1) is 9.27. The van der Waals surface area contributed by atoms with E-state index in [1.807, 2.05) is 28.8 Å². The summed E-state index contributed by atoms with van der Waals surface area (Å²) in [6.07, 6.45) is 7.06. The van der Waals surface area contributed by atoms with Crippen molar-refractivity contribution in [3.05, 3.63) is 39.4 Å². The Labute approximate surface area is 117 Å². The largest absolute Gasteiger partial charge is 0.332 e. The minimum atomic E-state index is 0.0613. The first-order valence-electron chi connectivity index (χ1n) is 7.01. The van der Waals surface area contributed by atoms with Crippen LogP contribution in [0.4, 0.5) is 0 Å². The van der Waals surface area contributed by atoms with Crippen molar-refractivity contribution in [2.24, 2.45) is 0 Å². The van der Waals surface area contributed by atoms with Crippen LogP contribution in [0, 0.1) is 4.77 Å². The molecule has 1 aliphatic rings. The maximum absolute atomic E-state index is 12.6. The van der Waals surface area contributed by atoms with E-state index in [1.54, 1.807) is 0 Å². The molecule has 4 heteroatoms. The summed E-state index contributed by atoms with van der Waals surface area (Å²) in [5.74, 6) is 0. The van der Waals surface area contributed by atoms with Gasteiger partial charge in [0.1, 0.15) is 0 Å². The molecule has 0 amide bonds. The molecule has 0 radical (unpaired) electrons. The molecule has 3 nitrogen and oxygen atoms in total. The van der Waals surface area contributed by atoms with E-state index in [2.05, 4.69) is 4.98 Å². The van der Waals surface area contributed by atoms with Gasteiger partial charge >= 0.3 is 0 Å². The molecule has 100 valence electrons. The fourth-order valence-corrected chi connectivity index (χ4v) is 3.37. The van der Waals surface area contributed by atoms with Crippen LogP contribution in [0.5, 0.6) is 0 Å². The molecule has 2 aromatic rings. The Balaban J connectivity index is 2.17. The highest BCUT2D eigenvalue weighted by molar-refractivity contribution is 7.71. The third kappa shape index (κ3) is 2.37. The molecule has 1 fully saturated rings. The number of aromatic nitrogens is 2. The summed E-state index contributed by atoms with van der Waals surface area (Å²) >= 11 is 5.40. The molecule has 0 bridgehead atoms. The Morgan fingerprint density at radius 3 is 2.53 bits per heavy atom. The van der Waals surface area contributed by atoms with E-state index in [1.165, 1.54) is 25.7 Å². The van der Waals surface area contributed by atoms with Crippen molar-refractivity contribution in [3.63, 3.8) is 0 Å². The highest BCUT2D eigenvalue weighted by Gasteiger charge is 2.17. The summed E-state index contributed by atoms with van der Waals surface area (Å²) in [4.78, 5) is 15.8. The van der Waals surface area contributed by atoms with Crippen molar-refractivity contribution < 1.29 is 0 Å². The molecular formula is C15H18N2OS. The molecule has 1 heterocycles. The van der Waals surface area contributed by atoms with Crippen molar-refractivity contribution in [1.29, 1.82) is 0 Å². The number of H-pyrrole nitrogens is 1. The summed E-state index contributed by atoms with van der Waals surface area (Å²) in [5, 5.41) is 0.736. The monoisotopic (exact) mass is 274 g/mol. The van der Waals surface area contributed by atoms with Gasteiger partial charge in [-0.3, -0.25) is 9.36 Å². The molecule has 0 unspecified atom stereocenters. The van der Waals surface area contributed by atoms with Crippen LogP contribution in [0.25, 0.3) is 10.9 Å². The van der Waals surface area contributed by atoms with Crippen LogP contribution in [-0.2, 0) is 0 Å². The lowest BCUT2D eigenvalue weighted by atomic mass is 10.1. The molecule has 1 N–H and O–H groups in total. The standard InChI is InChI=1S/C15H18N2OS/c18-14-12-9-5-6-10-13(12)16-15(19)17(14)11-7-3-1-2-4-8-11/h5-6,9-11H,1-4,7-8H2,(H,16,19). The quantitative estimate of drug-likeness (QED) is 0.631. The highest BCUT2D eigenvalue weighted by atomic mass is 32.1. The van der Waals surface area contributed by atoms with Gasteiger partial charge in [-0.25, -0.2) is 0 Å². The number of para-hydroxylation sites is 1. The van der Waals surface area contributed by atoms with Crippen LogP contribution >= 0.6 is 12.2 Å². The second-order valence-electron chi connectivity index (χ2n) is 5.30. The third-order valence-electron chi connectivity index (χ3n) is 4.03. The molecule has 1 aromatic heterocycles. The summed E-state index contributed by atoms with van der Waals surface area (Å²) in [6.45, 7) is 0. The van der Waals surface area contributed by atoms with Gasteiger partial charge in [-0.15, -0.1) is 0 Å². The minimum absolute atomic E-state index is 0.0613. The zero-order chi connectivity index (χ0) is 13.2. The molecule has 1 aliphatic carbocycles. The van der Waals surface area contributed by atoms with Gasteiger partial charge < -0.3 is 4.98 Å². The molecule has 3 rings (SSSR count). The van der Waals surface area contributed by atoms with E-state index >= 15 is 0 Å². The van der Waals surface area contributed by atoms with Gasteiger partial charge in [0.15, 0.2) is 4.77 Å². The topological polar surface area (TPSA) is 37.8 Å². The molecule has 1 aromatic carbocycles. The van der Waals surface area contributed by atoms with E-state index < -0.39 is 0 Å². The van der Waals surface area contributed by atoms with Crippen molar-refractivity contribution in [3.8, 4) is 0 Å². The summed E-state index contributed by atoms with van der Waals surface area (Å²) in [5.41, 5.74) is 0.897. The Hall–Kier alpha value is -1.42. The second-order valence-corrected chi connectivity index (χ2v) is 5.68. The summed E-state index contributed by atoms with van der Waals surface area (Å²) in [6, 6.07) is 7.87. The highest BCUT2D eigenvalue weighted by Crippen LogP contribution is 2.26. The number of rotatable bonds is 1. The van der Waals surface area contributed by atoms with Crippen LogP contribution in [0.3, 0.4) is 0 Å². The Bertz CT molecular complexity index is 693. The van der Waals surface area contributed by atoms with Gasteiger partial charge in [-0.1, -0.05) is 37.8 Å². The fraction of sp³-hybridized carbons (Fsp3) is 0.467. The van der Waals surface area contributed by atoms with Crippen molar-refractivity contribution in [2.45, 2.75) is 44.6 Å². The van der Waals surface area contributed by atoms with E-state index in [9.17, 15) is 4.79 Å². The van der Waals surface area contributed by atoms with E-state index in [4.69, 9.17) is 12.2 Å². The fourth-order valence-electron chi connectivity index (χ4n) is 3.02. The molecule has 0 spiro atoms. The van der Waals surface area contributed by atoms with Crippen LogP contribution in [-0.4, -0.2) is 9.55 Å². The molecule has 19 heavy (non-hydrogen) atoms. The average Bonchev–Trinajstić information content (AvgIpc) is 2.68. The lowest BCUT2D eigenvalue weighted by Gasteiger charge is -2.18.